The van der Waals surface area contributed by atoms with E-state index in [0.29, 0.717) is 24.6 Å². The largest absolute Gasteiger partial charge is 0.462 e. The first kappa shape index (κ1) is 18.3. The van der Waals surface area contributed by atoms with Crippen molar-refractivity contribution in [2.45, 2.75) is 20.4 Å². The number of Topliss-reactive ketones (excluding diaryl/α,β-unsaturated/α-hetero) is 1. The van der Waals surface area contributed by atoms with Gasteiger partial charge in [0, 0.05) is 30.8 Å². The van der Waals surface area contributed by atoms with Gasteiger partial charge in [-0.3, -0.25) is 9.69 Å². The van der Waals surface area contributed by atoms with Crippen LogP contribution in [0, 0.1) is 13.8 Å². The molecule has 4 heteroatoms. The van der Waals surface area contributed by atoms with Crippen LogP contribution in [0.5, 0.6) is 0 Å². The summed E-state index contributed by atoms with van der Waals surface area (Å²) >= 11 is 0. The molecule has 28 heavy (non-hydrogen) atoms. The molecule has 1 aliphatic rings. The predicted molar refractivity (Wildman–Crippen MR) is 110 cm³/mol. The van der Waals surface area contributed by atoms with Crippen LogP contribution in [0.4, 0.5) is 0 Å². The Labute approximate surface area is 164 Å². The maximum Gasteiger partial charge on any atom is 0.187 e. The van der Waals surface area contributed by atoms with Crippen LogP contribution in [0.1, 0.15) is 28.6 Å². The Morgan fingerprint density at radius 3 is 1.82 bits per heavy atom. The zero-order chi connectivity index (χ0) is 19.5. The summed E-state index contributed by atoms with van der Waals surface area (Å²) in [7, 11) is 0. The fraction of sp³-hybridized carbons (Fsp3) is 0.208. The third-order valence-electron chi connectivity index (χ3n) is 4.78. The molecule has 1 fully saturated rings. The number of carbonyl (C=O) groups excluding carboxylic acids is 1. The molecule has 1 aromatic carbocycles. The van der Waals surface area contributed by atoms with Gasteiger partial charge in [-0.1, -0.05) is 30.3 Å². The first-order valence-electron chi connectivity index (χ1n) is 9.42. The van der Waals surface area contributed by atoms with E-state index in [9.17, 15) is 4.79 Å². The average Bonchev–Trinajstić information content (AvgIpc) is 3.27. The predicted octanol–water partition coefficient (Wildman–Crippen LogP) is 5.04. The minimum Gasteiger partial charge on any atom is -0.462 e. The van der Waals surface area contributed by atoms with E-state index < -0.39 is 0 Å². The molecule has 3 aromatic rings. The number of nitrogens with zero attached hydrogens (tertiary/aromatic N) is 1. The molecule has 2 aromatic heterocycles. The van der Waals surface area contributed by atoms with Crippen LogP contribution in [-0.2, 0) is 11.3 Å². The molecule has 3 heterocycles. The van der Waals surface area contributed by atoms with Crippen LogP contribution in [0.15, 0.2) is 74.6 Å². The quantitative estimate of drug-likeness (QED) is 0.601. The lowest BCUT2D eigenvalue weighted by atomic mass is 9.95. The second-order valence-electron chi connectivity index (χ2n) is 7.20. The summed E-state index contributed by atoms with van der Waals surface area (Å²) in [6, 6.07) is 17.9. The Morgan fingerprint density at radius 2 is 1.36 bits per heavy atom. The Kier molecular flexibility index (Phi) is 5.13. The van der Waals surface area contributed by atoms with Gasteiger partial charge in [-0.15, -0.1) is 0 Å². The molecule has 0 N–H and O–H groups in total. The van der Waals surface area contributed by atoms with Crippen molar-refractivity contribution in [2.75, 3.05) is 13.1 Å². The number of rotatable bonds is 4. The molecular weight excluding hydrogens is 350 g/mol. The zero-order valence-corrected chi connectivity index (χ0v) is 16.1. The van der Waals surface area contributed by atoms with Crippen molar-refractivity contribution in [3.8, 4) is 0 Å². The molecule has 4 nitrogen and oxygen atoms in total. The van der Waals surface area contributed by atoms with Crippen molar-refractivity contribution in [3.63, 3.8) is 0 Å². The van der Waals surface area contributed by atoms with Crippen LogP contribution < -0.4 is 0 Å². The number of benzene rings is 1. The fourth-order valence-corrected chi connectivity index (χ4v) is 3.47. The van der Waals surface area contributed by atoms with Crippen LogP contribution >= 0.6 is 0 Å². The molecule has 1 saturated heterocycles. The molecule has 4 rings (SSSR count). The standard InChI is InChI=1S/C24H23NO3/c1-17-8-10-22(27-17)12-20-15-25(14-19-6-4-3-5-7-19)16-21(24(20)26)13-23-11-9-18(2)28-23/h3-13H,14-16H2,1-2H3/b20-12-,21-13+. The minimum atomic E-state index is 0.0485. The van der Waals surface area contributed by atoms with Crippen molar-refractivity contribution in [3.05, 3.63) is 94.3 Å². The zero-order valence-electron chi connectivity index (χ0n) is 16.1. The topological polar surface area (TPSA) is 46.6 Å². The van der Waals surface area contributed by atoms with Gasteiger partial charge in [0.2, 0.25) is 0 Å². The van der Waals surface area contributed by atoms with Crippen molar-refractivity contribution >= 4 is 17.9 Å². The van der Waals surface area contributed by atoms with Gasteiger partial charge in [0.05, 0.1) is 0 Å². The summed E-state index contributed by atoms with van der Waals surface area (Å²) in [5.41, 5.74) is 2.68. The van der Waals surface area contributed by atoms with Crippen molar-refractivity contribution in [1.29, 1.82) is 0 Å². The lowest BCUT2D eigenvalue weighted by Crippen LogP contribution is -2.37. The van der Waals surface area contributed by atoms with Crippen molar-refractivity contribution in [2.24, 2.45) is 0 Å². The molecule has 0 saturated carbocycles. The first-order chi connectivity index (χ1) is 13.6. The third-order valence-corrected chi connectivity index (χ3v) is 4.78. The molecular formula is C24H23NO3. The maximum absolute atomic E-state index is 13.1. The lowest BCUT2D eigenvalue weighted by Gasteiger charge is -2.29. The smallest absolute Gasteiger partial charge is 0.187 e. The average molecular weight is 373 g/mol. The normalized spacial score (nSPS) is 18.3. The van der Waals surface area contributed by atoms with E-state index in [4.69, 9.17) is 8.83 Å². The van der Waals surface area contributed by atoms with Crippen molar-refractivity contribution in [1.82, 2.24) is 4.90 Å². The number of hydrogen-bond acceptors (Lipinski definition) is 4. The van der Waals surface area contributed by atoms with E-state index in [2.05, 4.69) is 17.0 Å². The molecule has 142 valence electrons. The highest BCUT2D eigenvalue weighted by molar-refractivity contribution is 6.14. The van der Waals surface area contributed by atoms with Crippen LogP contribution in [-0.4, -0.2) is 23.8 Å². The summed E-state index contributed by atoms with van der Waals surface area (Å²) < 4.78 is 11.3. The van der Waals surface area contributed by atoms with Gasteiger partial charge in [0.1, 0.15) is 23.0 Å². The minimum absolute atomic E-state index is 0.0485. The number of ketones is 1. The van der Waals surface area contributed by atoms with Gasteiger partial charge in [0.25, 0.3) is 0 Å². The highest BCUT2D eigenvalue weighted by Crippen LogP contribution is 2.24. The molecule has 0 atom stereocenters. The summed E-state index contributed by atoms with van der Waals surface area (Å²) in [4.78, 5) is 15.4. The van der Waals surface area contributed by atoms with Crippen LogP contribution in [0.3, 0.4) is 0 Å². The number of likely N-dealkylation sites (tertiary alicyclic amines) is 1. The molecule has 0 spiro atoms. The summed E-state index contributed by atoms with van der Waals surface area (Å²) in [6.45, 7) is 5.75. The Morgan fingerprint density at radius 1 is 0.821 bits per heavy atom. The summed E-state index contributed by atoms with van der Waals surface area (Å²) in [6.07, 6.45) is 3.71. The number of carbonyl (C=O) groups is 1. The van der Waals surface area contributed by atoms with E-state index in [1.165, 1.54) is 5.56 Å². The fourth-order valence-electron chi connectivity index (χ4n) is 3.47. The van der Waals surface area contributed by atoms with Crippen molar-refractivity contribution < 1.29 is 13.6 Å². The molecule has 0 bridgehead atoms. The number of hydrogen-bond donors (Lipinski definition) is 0. The molecule has 0 radical (unpaired) electrons. The van der Waals surface area contributed by atoms with E-state index in [-0.39, 0.29) is 5.78 Å². The van der Waals surface area contributed by atoms with E-state index in [1.54, 1.807) is 0 Å². The second kappa shape index (κ2) is 7.87. The molecule has 0 unspecified atom stereocenters. The molecule has 1 aliphatic heterocycles. The first-order valence-corrected chi connectivity index (χ1v) is 9.42. The summed E-state index contributed by atoms with van der Waals surface area (Å²) in [5, 5.41) is 0. The van der Waals surface area contributed by atoms with Gasteiger partial charge >= 0.3 is 0 Å². The number of aryl methyl sites for hydroxylation is 2. The molecule has 0 aliphatic carbocycles. The van der Waals surface area contributed by atoms with Gasteiger partial charge < -0.3 is 8.83 Å². The van der Waals surface area contributed by atoms with E-state index >= 15 is 0 Å². The van der Waals surface area contributed by atoms with Gasteiger partial charge in [-0.25, -0.2) is 0 Å². The van der Waals surface area contributed by atoms with Crippen LogP contribution in [0.25, 0.3) is 12.2 Å². The van der Waals surface area contributed by atoms with E-state index in [1.807, 2.05) is 68.5 Å². The number of furan rings is 2. The highest BCUT2D eigenvalue weighted by atomic mass is 16.3. The summed E-state index contributed by atoms with van der Waals surface area (Å²) in [5.74, 6) is 3.12. The monoisotopic (exact) mass is 373 g/mol. The van der Waals surface area contributed by atoms with Gasteiger partial charge in [-0.05, 0) is 55.8 Å². The Bertz CT molecular complexity index is 975. The lowest BCUT2D eigenvalue weighted by molar-refractivity contribution is -0.113. The highest BCUT2D eigenvalue weighted by Gasteiger charge is 2.26. The third kappa shape index (κ3) is 4.24. The second-order valence-corrected chi connectivity index (χ2v) is 7.20. The Hall–Kier alpha value is -3.11. The van der Waals surface area contributed by atoms with E-state index in [0.717, 1.165) is 29.2 Å². The maximum atomic E-state index is 13.1. The van der Waals surface area contributed by atoms with Gasteiger partial charge in [0.15, 0.2) is 5.78 Å². The molecule has 0 amide bonds. The number of piperidine rings is 1. The SMILES string of the molecule is Cc1ccc(/C=C2/CN(Cc3ccccc3)C/C(=C\c3ccc(C)o3)C2=O)o1. The van der Waals surface area contributed by atoms with Gasteiger partial charge in [-0.2, -0.15) is 0 Å². The van der Waals surface area contributed by atoms with Crippen LogP contribution in [0.2, 0.25) is 0 Å². The Balaban J connectivity index is 1.66.